The Morgan fingerprint density at radius 2 is 0.621 bits per heavy atom. The van der Waals surface area contributed by atoms with Crippen molar-refractivity contribution >= 4 is 65.2 Å². The second-order valence-corrected chi connectivity index (χ2v) is 16.5. The van der Waals surface area contributed by atoms with Crippen LogP contribution in [0.2, 0.25) is 0 Å². The number of hydrogen-bond donors (Lipinski definition) is 0. The maximum absolute atomic E-state index is 12.0. The van der Waals surface area contributed by atoms with Gasteiger partial charge >= 0.3 is 0 Å². The van der Waals surface area contributed by atoms with E-state index in [0.717, 1.165) is 98.8 Å². The van der Waals surface area contributed by atoms with E-state index in [1.807, 2.05) is 48.5 Å². The van der Waals surface area contributed by atoms with Gasteiger partial charge in [0, 0.05) is 38.2 Å². The highest BCUT2D eigenvalue weighted by Crippen LogP contribution is 2.52. The minimum Gasteiger partial charge on any atom is -0.308 e. The molecule has 6 heteroatoms. The lowest BCUT2D eigenvalue weighted by Crippen LogP contribution is -2.11. The van der Waals surface area contributed by atoms with E-state index in [-0.39, 0.29) is 0 Å². The molecule has 12 aromatic rings. The summed E-state index contributed by atoms with van der Waals surface area (Å²) in [4.78, 5) is 0. The molecule has 0 saturated carbocycles. The lowest BCUT2D eigenvalue weighted by molar-refractivity contribution is 1.14. The van der Waals surface area contributed by atoms with Crippen molar-refractivity contribution in [1.29, 1.82) is 21.0 Å². The third-order valence-corrected chi connectivity index (χ3v) is 13.0. The maximum Gasteiger partial charge on any atom is 0.101 e. The van der Waals surface area contributed by atoms with Gasteiger partial charge in [-0.2, -0.15) is 21.0 Å². The first kappa shape index (κ1) is 38.0. The monoisotopic (exact) mass is 836 g/mol. The molecule has 66 heavy (non-hydrogen) atoms. The number of hydrogen-bond acceptors (Lipinski definition) is 4. The summed E-state index contributed by atoms with van der Waals surface area (Å²) >= 11 is 0. The Morgan fingerprint density at radius 3 is 0.985 bits per heavy atom. The molecule has 0 fully saturated rings. The highest BCUT2D eigenvalue weighted by molar-refractivity contribution is 6.18. The second kappa shape index (κ2) is 15.0. The Labute approximate surface area is 379 Å². The van der Waals surface area contributed by atoms with Crippen LogP contribution in [0, 0.1) is 45.3 Å². The van der Waals surface area contributed by atoms with Crippen molar-refractivity contribution in [1.82, 2.24) is 9.13 Å². The first-order chi connectivity index (χ1) is 32.6. The van der Waals surface area contributed by atoms with Crippen molar-refractivity contribution in [2.24, 2.45) is 0 Å². The Hall–Kier alpha value is -9.72. The zero-order valence-corrected chi connectivity index (χ0v) is 35.2. The van der Waals surface area contributed by atoms with Crippen LogP contribution in [0.15, 0.2) is 194 Å². The molecule has 302 valence electrons. The molecular formula is C60H32N6. The molecule has 12 rings (SSSR count). The predicted molar refractivity (Wildman–Crippen MR) is 265 cm³/mol. The molecule has 0 spiro atoms. The Kier molecular flexibility index (Phi) is 8.62. The lowest BCUT2D eigenvalue weighted by Gasteiger charge is -2.28. The molecule has 10 aromatic carbocycles. The van der Waals surface area contributed by atoms with Crippen molar-refractivity contribution in [3.8, 4) is 69.0 Å². The average molecular weight is 837 g/mol. The molecule has 2 heterocycles. The maximum atomic E-state index is 12.0. The van der Waals surface area contributed by atoms with Crippen LogP contribution in [0.4, 0.5) is 0 Å². The van der Waals surface area contributed by atoms with Crippen LogP contribution in [0.1, 0.15) is 22.3 Å². The molecule has 0 saturated heterocycles. The predicted octanol–water partition coefficient (Wildman–Crippen LogP) is 14.7. The molecule has 2 aromatic heterocycles. The molecule has 0 N–H and O–H groups in total. The molecule has 0 radical (unpaired) electrons. The third kappa shape index (κ3) is 5.71. The summed E-state index contributed by atoms with van der Waals surface area (Å²) in [6.45, 7) is 0. The van der Waals surface area contributed by atoms with Crippen molar-refractivity contribution < 1.29 is 0 Å². The van der Waals surface area contributed by atoms with Crippen LogP contribution in [-0.2, 0) is 0 Å². The van der Waals surface area contributed by atoms with E-state index in [4.69, 9.17) is 0 Å². The molecular weight excluding hydrogens is 805 g/mol. The summed E-state index contributed by atoms with van der Waals surface area (Å²) in [5.41, 5.74) is 11.7. The van der Waals surface area contributed by atoms with Crippen molar-refractivity contribution in [3.05, 3.63) is 216 Å². The fourth-order valence-corrected chi connectivity index (χ4v) is 10.0. The first-order valence-corrected chi connectivity index (χ1v) is 21.6. The van der Waals surface area contributed by atoms with Gasteiger partial charge in [0.2, 0.25) is 0 Å². The van der Waals surface area contributed by atoms with Gasteiger partial charge in [0.25, 0.3) is 0 Å². The normalized spacial score (nSPS) is 11.3. The van der Waals surface area contributed by atoms with Gasteiger partial charge < -0.3 is 9.13 Å². The van der Waals surface area contributed by atoms with Crippen LogP contribution in [0.25, 0.3) is 110 Å². The van der Waals surface area contributed by atoms with Gasteiger partial charge in [0.15, 0.2) is 0 Å². The van der Waals surface area contributed by atoms with Crippen molar-refractivity contribution in [2.75, 3.05) is 0 Å². The van der Waals surface area contributed by atoms with E-state index in [1.165, 1.54) is 0 Å². The summed E-state index contributed by atoms with van der Waals surface area (Å²) in [6, 6.07) is 74.8. The number of para-hydroxylation sites is 2. The standard InChI is InChI=1S/C60H32N6/c61-33-37-17-23-40(24-18-37)56-51(36-64)57(41-25-19-38(34-62)20-26-41)60(66-53-16-8-6-14-48(53)50-30-44-10-2-4-12-46(44)32-55(50)66)58(42-27-21-39(35-63)22-28-42)59(56)65-52-15-7-5-13-47(52)49-29-43-9-1-3-11-45(43)31-54(49)65/h1-32H. The number of rotatable bonds is 5. The summed E-state index contributed by atoms with van der Waals surface area (Å²) in [7, 11) is 0. The van der Waals surface area contributed by atoms with E-state index in [0.29, 0.717) is 33.4 Å². The quantitative estimate of drug-likeness (QED) is 0.172. The van der Waals surface area contributed by atoms with Gasteiger partial charge in [-0.25, -0.2) is 0 Å². The molecule has 0 unspecified atom stereocenters. The highest BCUT2D eigenvalue weighted by Gasteiger charge is 2.32. The summed E-state index contributed by atoms with van der Waals surface area (Å²) < 4.78 is 4.63. The van der Waals surface area contributed by atoms with E-state index in [1.54, 1.807) is 24.3 Å². The number of nitriles is 4. The van der Waals surface area contributed by atoms with E-state index >= 15 is 0 Å². The van der Waals surface area contributed by atoms with Gasteiger partial charge in [-0.15, -0.1) is 0 Å². The summed E-state index contributed by atoms with van der Waals surface area (Å²) in [5, 5.41) is 50.8. The number of fused-ring (bicyclic) bond motifs is 8. The van der Waals surface area contributed by atoms with Crippen molar-refractivity contribution in [2.45, 2.75) is 0 Å². The summed E-state index contributed by atoms with van der Waals surface area (Å²) in [6.07, 6.45) is 0. The number of nitrogens with zero attached hydrogens (tertiary/aromatic N) is 6. The molecule has 0 aliphatic rings. The van der Waals surface area contributed by atoms with Crippen LogP contribution in [0.5, 0.6) is 0 Å². The fraction of sp³-hybridized carbons (Fsp3) is 0. The van der Waals surface area contributed by atoms with E-state index in [9.17, 15) is 21.0 Å². The van der Waals surface area contributed by atoms with Crippen LogP contribution < -0.4 is 0 Å². The van der Waals surface area contributed by atoms with Gasteiger partial charge in [0.1, 0.15) is 6.07 Å². The smallest absolute Gasteiger partial charge is 0.101 e. The highest BCUT2D eigenvalue weighted by atomic mass is 15.0. The van der Waals surface area contributed by atoms with Gasteiger partial charge in [-0.05, 0) is 111 Å². The Morgan fingerprint density at radius 1 is 0.288 bits per heavy atom. The molecule has 0 bridgehead atoms. The van der Waals surface area contributed by atoms with Crippen LogP contribution >= 0.6 is 0 Å². The Balaban J connectivity index is 1.41. The third-order valence-electron chi connectivity index (χ3n) is 13.0. The minimum atomic E-state index is 0.422. The zero-order valence-electron chi connectivity index (χ0n) is 35.2. The van der Waals surface area contributed by atoms with Crippen molar-refractivity contribution in [3.63, 3.8) is 0 Å². The fourth-order valence-electron chi connectivity index (χ4n) is 10.0. The number of aromatic nitrogens is 2. The molecule has 0 atom stereocenters. The average Bonchev–Trinajstić information content (AvgIpc) is 3.87. The SMILES string of the molecule is N#Cc1ccc(-c2c(C#N)c(-c3ccc(C#N)cc3)c(-n3c4ccccc4c4cc5ccccc5cc43)c(-c3ccc(C#N)cc3)c2-n2c3ccccc3c3cc4ccccc4cc32)cc1. The summed E-state index contributed by atoms with van der Waals surface area (Å²) in [5.74, 6) is 0. The van der Waals surface area contributed by atoms with Gasteiger partial charge in [-0.1, -0.05) is 121 Å². The first-order valence-electron chi connectivity index (χ1n) is 21.6. The topological polar surface area (TPSA) is 105 Å². The number of benzene rings is 10. The molecule has 0 aliphatic carbocycles. The minimum absolute atomic E-state index is 0.422. The van der Waals surface area contributed by atoms with Crippen LogP contribution in [-0.4, -0.2) is 9.13 Å². The van der Waals surface area contributed by atoms with E-state index < -0.39 is 0 Å². The van der Waals surface area contributed by atoms with Crippen LogP contribution in [0.3, 0.4) is 0 Å². The van der Waals surface area contributed by atoms with E-state index in [2.05, 4.69) is 155 Å². The van der Waals surface area contributed by atoms with Gasteiger partial charge in [0.05, 0.1) is 73.9 Å². The lowest BCUT2D eigenvalue weighted by atomic mass is 9.83. The largest absolute Gasteiger partial charge is 0.308 e. The zero-order chi connectivity index (χ0) is 44.5. The molecule has 6 nitrogen and oxygen atoms in total. The molecule has 0 aliphatic heterocycles. The molecule has 0 amide bonds. The van der Waals surface area contributed by atoms with Gasteiger partial charge in [-0.3, -0.25) is 0 Å². The second-order valence-electron chi connectivity index (χ2n) is 16.5. The Bertz CT molecular complexity index is 3940.